The van der Waals surface area contributed by atoms with Crippen LogP contribution in [0.15, 0.2) is 60.8 Å². The van der Waals surface area contributed by atoms with Crippen LogP contribution in [-0.4, -0.2) is 20.9 Å². The van der Waals surface area contributed by atoms with Crippen molar-refractivity contribution in [2.24, 2.45) is 5.73 Å². The zero-order valence-corrected chi connectivity index (χ0v) is 15.7. The van der Waals surface area contributed by atoms with E-state index in [1.54, 1.807) is 48.5 Å². The molecule has 2 aromatic heterocycles. The Morgan fingerprint density at radius 2 is 1.83 bits per heavy atom. The monoisotopic (exact) mass is 407 g/mol. The highest BCUT2D eigenvalue weighted by Gasteiger charge is 2.20. The zero-order valence-electron chi connectivity index (χ0n) is 15.0. The number of rotatable bonds is 4. The van der Waals surface area contributed by atoms with Gasteiger partial charge in [0.1, 0.15) is 5.82 Å². The van der Waals surface area contributed by atoms with Gasteiger partial charge in [0.05, 0.1) is 17.1 Å². The van der Waals surface area contributed by atoms with Crippen LogP contribution in [0.2, 0.25) is 5.02 Å². The summed E-state index contributed by atoms with van der Waals surface area (Å²) < 4.78 is 14.7. The number of nitrogens with one attached hydrogen (secondary N) is 1. The molecular formula is C21H15ClFN5O. The topological polar surface area (TPSA) is 111 Å². The average molecular weight is 408 g/mol. The molecule has 0 radical (unpaired) electrons. The minimum atomic E-state index is -0.586. The van der Waals surface area contributed by atoms with Gasteiger partial charge in [-0.3, -0.25) is 4.79 Å². The number of primary amides is 1. The zero-order chi connectivity index (χ0) is 20.5. The number of amides is 1. The number of anilines is 1. The predicted octanol–water partition coefficient (Wildman–Crippen LogP) is 4.28. The van der Waals surface area contributed by atoms with Gasteiger partial charge in [0.2, 0.25) is 11.9 Å². The van der Waals surface area contributed by atoms with Gasteiger partial charge in [-0.05, 0) is 42.0 Å². The molecule has 144 valence electrons. The molecule has 4 rings (SSSR count). The maximum absolute atomic E-state index is 14.7. The van der Waals surface area contributed by atoms with Crippen molar-refractivity contribution >= 4 is 23.5 Å². The first-order valence-electron chi connectivity index (χ1n) is 8.60. The third-order valence-electron chi connectivity index (χ3n) is 4.45. The standard InChI is InChI=1S/C21H15ClFN5O/c22-11-5-6-14(16(23)9-11)19-15(12-3-1-2-4-13(12)20(24)29)10-18(27-19)17-7-8-26-21(25)28-17/h1-10,27H,(H2,24,29)(H2,25,26,28). The number of nitrogen functional groups attached to an aromatic ring is 1. The average Bonchev–Trinajstić information content (AvgIpc) is 3.13. The molecule has 0 aliphatic carbocycles. The van der Waals surface area contributed by atoms with E-state index in [-0.39, 0.29) is 16.5 Å². The van der Waals surface area contributed by atoms with Crippen molar-refractivity contribution in [3.8, 4) is 33.8 Å². The van der Waals surface area contributed by atoms with E-state index in [1.807, 2.05) is 0 Å². The highest BCUT2D eigenvalue weighted by molar-refractivity contribution is 6.30. The SMILES string of the molecule is NC(=O)c1ccccc1-c1cc(-c2ccnc(N)n2)[nH]c1-c1ccc(Cl)cc1F. The molecule has 29 heavy (non-hydrogen) atoms. The first kappa shape index (κ1) is 18.6. The quantitative estimate of drug-likeness (QED) is 0.468. The summed E-state index contributed by atoms with van der Waals surface area (Å²) in [6.45, 7) is 0. The summed E-state index contributed by atoms with van der Waals surface area (Å²) in [5.74, 6) is -0.988. The normalized spacial score (nSPS) is 10.8. The minimum Gasteiger partial charge on any atom is -0.368 e. The Morgan fingerprint density at radius 1 is 1.03 bits per heavy atom. The molecule has 0 aliphatic rings. The summed E-state index contributed by atoms with van der Waals surface area (Å²) >= 11 is 5.90. The van der Waals surface area contributed by atoms with Crippen LogP contribution < -0.4 is 11.5 Å². The van der Waals surface area contributed by atoms with Gasteiger partial charge in [0, 0.05) is 27.9 Å². The molecule has 0 spiro atoms. The van der Waals surface area contributed by atoms with Crippen molar-refractivity contribution in [2.45, 2.75) is 0 Å². The van der Waals surface area contributed by atoms with Gasteiger partial charge in [-0.1, -0.05) is 29.8 Å². The molecule has 2 heterocycles. The van der Waals surface area contributed by atoms with Crippen LogP contribution in [0.3, 0.4) is 0 Å². The molecular weight excluding hydrogens is 393 g/mol. The largest absolute Gasteiger partial charge is 0.368 e. The summed E-state index contributed by atoms with van der Waals surface area (Å²) in [7, 11) is 0. The number of aromatic nitrogens is 3. The number of carbonyl (C=O) groups excluding carboxylic acids is 1. The van der Waals surface area contributed by atoms with E-state index in [0.29, 0.717) is 33.8 Å². The number of nitrogens with two attached hydrogens (primary N) is 2. The van der Waals surface area contributed by atoms with Crippen molar-refractivity contribution in [1.29, 1.82) is 0 Å². The number of halogens is 2. The summed E-state index contributed by atoms with van der Waals surface area (Å²) in [6, 6.07) is 14.7. The van der Waals surface area contributed by atoms with Gasteiger partial charge < -0.3 is 16.5 Å². The van der Waals surface area contributed by atoms with Crippen LogP contribution in [-0.2, 0) is 0 Å². The second-order valence-electron chi connectivity index (χ2n) is 6.31. The van der Waals surface area contributed by atoms with Gasteiger partial charge in [-0.25, -0.2) is 14.4 Å². The minimum absolute atomic E-state index is 0.107. The van der Waals surface area contributed by atoms with E-state index in [4.69, 9.17) is 23.1 Å². The summed E-state index contributed by atoms with van der Waals surface area (Å²) in [4.78, 5) is 23.2. The Bertz CT molecular complexity index is 1240. The molecule has 0 unspecified atom stereocenters. The van der Waals surface area contributed by atoms with E-state index < -0.39 is 11.7 Å². The van der Waals surface area contributed by atoms with Crippen LogP contribution in [0.25, 0.3) is 33.8 Å². The number of hydrogen-bond donors (Lipinski definition) is 3. The summed E-state index contributed by atoms with van der Waals surface area (Å²) in [5.41, 5.74) is 14.6. The number of benzene rings is 2. The molecule has 1 amide bonds. The smallest absolute Gasteiger partial charge is 0.249 e. The third kappa shape index (κ3) is 3.55. The van der Waals surface area contributed by atoms with Crippen LogP contribution >= 0.6 is 11.6 Å². The van der Waals surface area contributed by atoms with Gasteiger partial charge in [-0.15, -0.1) is 0 Å². The lowest BCUT2D eigenvalue weighted by atomic mass is 9.96. The number of aromatic amines is 1. The fourth-order valence-electron chi connectivity index (χ4n) is 3.17. The van der Waals surface area contributed by atoms with Gasteiger partial charge in [0.15, 0.2) is 0 Å². The molecule has 0 aliphatic heterocycles. The first-order valence-corrected chi connectivity index (χ1v) is 8.98. The first-order chi connectivity index (χ1) is 13.9. The molecule has 2 aromatic carbocycles. The van der Waals surface area contributed by atoms with E-state index in [1.165, 1.54) is 12.3 Å². The highest BCUT2D eigenvalue weighted by atomic mass is 35.5. The Morgan fingerprint density at radius 3 is 2.55 bits per heavy atom. The Labute approximate surface area is 170 Å². The highest BCUT2D eigenvalue weighted by Crippen LogP contribution is 2.38. The van der Waals surface area contributed by atoms with Crippen molar-refractivity contribution < 1.29 is 9.18 Å². The van der Waals surface area contributed by atoms with Crippen molar-refractivity contribution in [1.82, 2.24) is 15.0 Å². The van der Waals surface area contributed by atoms with Gasteiger partial charge in [-0.2, -0.15) is 0 Å². The molecule has 6 nitrogen and oxygen atoms in total. The third-order valence-corrected chi connectivity index (χ3v) is 4.69. The molecule has 0 fully saturated rings. The maximum atomic E-state index is 14.7. The van der Waals surface area contributed by atoms with Gasteiger partial charge >= 0.3 is 0 Å². The molecule has 5 N–H and O–H groups in total. The van der Waals surface area contributed by atoms with Crippen molar-refractivity contribution in [3.05, 3.63) is 77.2 Å². The fourth-order valence-corrected chi connectivity index (χ4v) is 3.33. The summed E-state index contributed by atoms with van der Waals surface area (Å²) in [6.07, 6.45) is 1.53. The number of nitrogens with zero attached hydrogens (tertiary/aromatic N) is 2. The van der Waals surface area contributed by atoms with E-state index >= 15 is 0 Å². The number of H-pyrrole nitrogens is 1. The van der Waals surface area contributed by atoms with Crippen LogP contribution in [0.1, 0.15) is 10.4 Å². The van der Waals surface area contributed by atoms with Gasteiger partial charge in [0.25, 0.3) is 0 Å². The Balaban J connectivity index is 2.00. The lowest BCUT2D eigenvalue weighted by Crippen LogP contribution is -2.12. The molecule has 0 atom stereocenters. The van der Waals surface area contributed by atoms with Crippen LogP contribution in [0.4, 0.5) is 10.3 Å². The molecule has 0 bridgehead atoms. The molecule has 8 heteroatoms. The number of carbonyl (C=O) groups is 1. The second kappa shape index (κ2) is 7.37. The van der Waals surface area contributed by atoms with Crippen LogP contribution in [0.5, 0.6) is 0 Å². The fraction of sp³-hybridized carbons (Fsp3) is 0. The summed E-state index contributed by atoms with van der Waals surface area (Å²) in [5, 5.41) is 0.278. The second-order valence-corrected chi connectivity index (χ2v) is 6.74. The number of hydrogen-bond acceptors (Lipinski definition) is 4. The predicted molar refractivity (Wildman–Crippen MR) is 111 cm³/mol. The van der Waals surface area contributed by atoms with E-state index in [0.717, 1.165) is 0 Å². The van der Waals surface area contributed by atoms with E-state index in [2.05, 4.69) is 15.0 Å². The van der Waals surface area contributed by atoms with Crippen molar-refractivity contribution in [3.63, 3.8) is 0 Å². The Kier molecular flexibility index (Phi) is 4.74. The molecule has 0 saturated heterocycles. The maximum Gasteiger partial charge on any atom is 0.249 e. The lowest BCUT2D eigenvalue weighted by molar-refractivity contribution is 0.100. The van der Waals surface area contributed by atoms with Crippen LogP contribution in [0, 0.1) is 5.82 Å². The lowest BCUT2D eigenvalue weighted by Gasteiger charge is -2.09. The van der Waals surface area contributed by atoms with Crippen molar-refractivity contribution in [2.75, 3.05) is 5.73 Å². The molecule has 0 saturated carbocycles. The van der Waals surface area contributed by atoms with E-state index in [9.17, 15) is 9.18 Å². The molecule has 4 aromatic rings. The Hall–Kier alpha value is -3.71.